The van der Waals surface area contributed by atoms with Gasteiger partial charge in [0.1, 0.15) is 6.54 Å². The molecule has 0 N–H and O–H groups in total. The molecule has 0 saturated carbocycles. The minimum Gasteiger partial charge on any atom is -0.339 e. The smallest absolute Gasteiger partial charge is 0.339 e. The van der Waals surface area contributed by atoms with Crippen LogP contribution < -0.4 is 5.56 Å². The van der Waals surface area contributed by atoms with Gasteiger partial charge in [0.15, 0.2) is 0 Å². The molecule has 2 heterocycles. The lowest BCUT2D eigenvalue weighted by molar-refractivity contribution is -0.138. The molecule has 1 aromatic rings. The van der Waals surface area contributed by atoms with Crippen LogP contribution in [0.5, 0.6) is 0 Å². The van der Waals surface area contributed by atoms with Crippen molar-refractivity contribution in [1.29, 1.82) is 0 Å². The number of carbonyl (C=O) groups is 1. The molecular weight excluding hydrogens is 311 g/mol. The monoisotopic (exact) mass is 331 g/mol. The topological polar surface area (TPSA) is 45.6 Å². The van der Waals surface area contributed by atoms with Gasteiger partial charge in [0, 0.05) is 31.4 Å². The van der Waals surface area contributed by atoms with Crippen LogP contribution in [0.4, 0.5) is 13.2 Å². The summed E-state index contributed by atoms with van der Waals surface area (Å²) in [5.41, 5.74) is -1.56. The summed E-state index contributed by atoms with van der Waals surface area (Å²) < 4.78 is 39.0. The van der Waals surface area contributed by atoms with E-state index in [-0.39, 0.29) is 24.4 Å². The zero-order valence-electron chi connectivity index (χ0n) is 13.3. The van der Waals surface area contributed by atoms with Crippen LogP contribution >= 0.6 is 0 Å². The van der Waals surface area contributed by atoms with E-state index in [4.69, 9.17) is 0 Å². The van der Waals surface area contributed by atoms with E-state index < -0.39 is 17.3 Å². The van der Waals surface area contributed by atoms with Crippen molar-refractivity contribution in [3.8, 4) is 0 Å². The minimum atomic E-state index is -4.54. The number of likely N-dealkylation sites (N-methyl/N-ethyl adjacent to an activating group) is 1. The van der Waals surface area contributed by atoms with Gasteiger partial charge in [-0.1, -0.05) is 6.92 Å². The third-order valence-corrected chi connectivity index (χ3v) is 4.21. The van der Waals surface area contributed by atoms with E-state index in [0.717, 1.165) is 16.7 Å². The molecule has 8 heteroatoms. The van der Waals surface area contributed by atoms with Gasteiger partial charge in [-0.25, -0.2) is 0 Å². The predicted octanol–water partition coefficient (Wildman–Crippen LogP) is 1.28. The van der Waals surface area contributed by atoms with Gasteiger partial charge in [-0.05, 0) is 26.1 Å². The molecule has 0 radical (unpaired) electrons. The Kier molecular flexibility index (Phi) is 4.84. The Morgan fingerprint density at radius 2 is 1.96 bits per heavy atom. The lowest BCUT2D eigenvalue weighted by atomic mass is 10.1. The second-order valence-electron chi connectivity index (χ2n) is 6.19. The lowest BCUT2D eigenvalue weighted by Crippen LogP contribution is -2.38. The van der Waals surface area contributed by atoms with Gasteiger partial charge in [-0.3, -0.25) is 9.59 Å². The number of hydrogen-bond acceptors (Lipinski definition) is 3. The van der Waals surface area contributed by atoms with Crippen molar-refractivity contribution in [1.82, 2.24) is 14.4 Å². The molecule has 1 saturated heterocycles. The number of pyridine rings is 1. The van der Waals surface area contributed by atoms with Gasteiger partial charge >= 0.3 is 6.18 Å². The Balaban J connectivity index is 2.14. The number of halogens is 3. The van der Waals surface area contributed by atoms with Crippen molar-refractivity contribution in [2.75, 3.05) is 27.2 Å². The highest BCUT2D eigenvalue weighted by Gasteiger charge is 2.34. The highest BCUT2D eigenvalue weighted by Crippen LogP contribution is 2.28. The summed E-state index contributed by atoms with van der Waals surface area (Å²) >= 11 is 0. The molecule has 0 aromatic carbocycles. The summed E-state index contributed by atoms with van der Waals surface area (Å²) in [5, 5.41) is 0. The standard InChI is InChI=1S/C15H20F3N3O2/c1-10-6-20(8-12(10)19(2)3)14(23)9-21-7-11(15(16,17)18)4-5-13(21)22/h4-5,7,10,12H,6,8-9H2,1-3H3/t10-,12-/m1/s1. The Morgan fingerprint density at radius 3 is 2.48 bits per heavy atom. The van der Waals surface area contributed by atoms with E-state index in [1.54, 1.807) is 4.90 Å². The molecule has 1 fully saturated rings. The zero-order valence-corrected chi connectivity index (χ0v) is 13.3. The van der Waals surface area contributed by atoms with Crippen LogP contribution in [0.15, 0.2) is 23.1 Å². The van der Waals surface area contributed by atoms with Crippen molar-refractivity contribution in [3.05, 3.63) is 34.2 Å². The molecule has 128 valence electrons. The Hall–Kier alpha value is -1.83. The van der Waals surface area contributed by atoms with Crippen molar-refractivity contribution < 1.29 is 18.0 Å². The van der Waals surface area contributed by atoms with Crippen molar-refractivity contribution in [2.24, 2.45) is 5.92 Å². The number of hydrogen-bond donors (Lipinski definition) is 0. The molecule has 0 bridgehead atoms. The molecule has 0 spiro atoms. The zero-order chi connectivity index (χ0) is 17.4. The van der Waals surface area contributed by atoms with Crippen LogP contribution in [0.1, 0.15) is 12.5 Å². The van der Waals surface area contributed by atoms with Gasteiger partial charge in [0.25, 0.3) is 5.56 Å². The fraction of sp³-hybridized carbons (Fsp3) is 0.600. The minimum absolute atomic E-state index is 0.206. The molecule has 1 aliphatic rings. The molecule has 1 aromatic heterocycles. The summed E-state index contributed by atoms with van der Waals surface area (Å²) in [6.45, 7) is 2.69. The summed E-state index contributed by atoms with van der Waals surface area (Å²) in [6.07, 6.45) is -3.85. The molecule has 23 heavy (non-hydrogen) atoms. The van der Waals surface area contributed by atoms with Crippen LogP contribution in [0, 0.1) is 5.92 Å². The van der Waals surface area contributed by atoms with E-state index in [0.29, 0.717) is 19.3 Å². The summed E-state index contributed by atoms with van der Waals surface area (Å²) in [4.78, 5) is 27.6. The van der Waals surface area contributed by atoms with Crippen LogP contribution in [0.3, 0.4) is 0 Å². The number of carbonyl (C=O) groups excluding carboxylic acids is 1. The number of amides is 1. The quantitative estimate of drug-likeness (QED) is 0.838. The first-order valence-corrected chi connectivity index (χ1v) is 7.31. The molecule has 5 nitrogen and oxygen atoms in total. The van der Waals surface area contributed by atoms with Crippen LogP contribution in [0.2, 0.25) is 0 Å². The predicted molar refractivity (Wildman–Crippen MR) is 78.9 cm³/mol. The van der Waals surface area contributed by atoms with Crippen LogP contribution in [0.25, 0.3) is 0 Å². The van der Waals surface area contributed by atoms with Crippen molar-refractivity contribution >= 4 is 5.91 Å². The fourth-order valence-corrected chi connectivity index (χ4v) is 2.89. The maximum absolute atomic E-state index is 12.7. The number of rotatable bonds is 3. The summed E-state index contributed by atoms with van der Waals surface area (Å²) in [5.74, 6) is -0.0743. The highest BCUT2D eigenvalue weighted by atomic mass is 19.4. The van der Waals surface area contributed by atoms with Gasteiger partial charge in [0.2, 0.25) is 5.91 Å². The first-order chi connectivity index (χ1) is 10.6. The van der Waals surface area contributed by atoms with Crippen molar-refractivity contribution in [3.63, 3.8) is 0 Å². The lowest BCUT2D eigenvalue weighted by Gasteiger charge is -2.22. The van der Waals surface area contributed by atoms with E-state index in [9.17, 15) is 22.8 Å². The third kappa shape index (κ3) is 3.93. The SMILES string of the molecule is C[C@@H]1CN(C(=O)Cn2cc(C(F)(F)F)ccc2=O)C[C@H]1N(C)C. The Morgan fingerprint density at radius 1 is 1.30 bits per heavy atom. The van der Waals surface area contributed by atoms with Crippen molar-refractivity contribution in [2.45, 2.75) is 25.7 Å². The Labute approximate surface area is 132 Å². The maximum Gasteiger partial charge on any atom is 0.417 e. The maximum atomic E-state index is 12.7. The molecule has 1 amide bonds. The third-order valence-electron chi connectivity index (χ3n) is 4.21. The first kappa shape index (κ1) is 17.5. The fourth-order valence-electron chi connectivity index (χ4n) is 2.89. The average molecular weight is 331 g/mol. The second-order valence-corrected chi connectivity index (χ2v) is 6.19. The average Bonchev–Trinajstić information content (AvgIpc) is 2.82. The Bertz CT molecular complexity index is 640. The van der Waals surface area contributed by atoms with E-state index in [1.165, 1.54) is 0 Å². The number of nitrogens with zero attached hydrogens (tertiary/aromatic N) is 3. The largest absolute Gasteiger partial charge is 0.417 e. The molecule has 0 unspecified atom stereocenters. The van der Waals surface area contributed by atoms with Crippen LogP contribution in [-0.4, -0.2) is 53.5 Å². The molecule has 2 atom stereocenters. The first-order valence-electron chi connectivity index (χ1n) is 7.31. The van der Waals surface area contributed by atoms with Gasteiger partial charge in [-0.2, -0.15) is 13.2 Å². The molecule has 0 aliphatic carbocycles. The van der Waals surface area contributed by atoms with E-state index >= 15 is 0 Å². The summed E-state index contributed by atoms with van der Waals surface area (Å²) in [7, 11) is 3.85. The van der Waals surface area contributed by atoms with E-state index in [1.807, 2.05) is 25.9 Å². The number of likely N-dealkylation sites (tertiary alicyclic amines) is 1. The normalized spacial score (nSPS) is 22.0. The second kappa shape index (κ2) is 6.35. The number of aromatic nitrogens is 1. The number of alkyl halides is 3. The molecule has 1 aliphatic heterocycles. The van der Waals surface area contributed by atoms with Gasteiger partial charge < -0.3 is 14.4 Å². The summed E-state index contributed by atoms with van der Waals surface area (Å²) in [6, 6.07) is 1.77. The van der Waals surface area contributed by atoms with E-state index in [2.05, 4.69) is 0 Å². The van der Waals surface area contributed by atoms with Gasteiger partial charge in [0.05, 0.1) is 5.56 Å². The van der Waals surface area contributed by atoms with Crippen LogP contribution in [-0.2, 0) is 17.5 Å². The molecule has 2 rings (SSSR count). The highest BCUT2D eigenvalue weighted by molar-refractivity contribution is 5.76. The molecular formula is C15H20F3N3O2. The van der Waals surface area contributed by atoms with Gasteiger partial charge in [-0.15, -0.1) is 0 Å².